The molecule has 0 heterocycles. The Morgan fingerprint density at radius 3 is 1.24 bits per heavy atom. The van der Waals surface area contributed by atoms with Crippen LogP contribution < -0.4 is 0 Å². The van der Waals surface area contributed by atoms with Crippen molar-refractivity contribution in [1.29, 1.82) is 0 Å². The topological polar surface area (TPSA) is 52.6 Å². The van der Waals surface area contributed by atoms with E-state index in [-0.39, 0.29) is 47.8 Å². The van der Waals surface area contributed by atoms with Gasteiger partial charge in [0, 0.05) is 0 Å². The summed E-state index contributed by atoms with van der Waals surface area (Å²) in [5.41, 5.74) is 0.622. The van der Waals surface area contributed by atoms with E-state index in [2.05, 4.69) is 53.7 Å². The van der Waals surface area contributed by atoms with Crippen LogP contribution >= 0.6 is 0 Å². The number of rotatable bonds is 4. The first-order valence-electron chi connectivity index (χ1n) is 13.5. The molecule has 4 rings (SSSR count). The number of hydrogen-bond donors (Lipinski definition) is 0. The molecular weight excluding hydrogens is 412 g/mol. The second-order valence-electron chi connectivity index (χ2n) is 13.6. The number of allylic oxidation sites excluding steroid dienone is 2. The van der Waals surface area contributed by atoms with Gasteiger partial charge < -0.3 is 9.47 Å². The average molecular weight is 459 g/mol. The molecule has 33 heavy (non-hydrogen) atoms. The van der Waals surface area contributed by atoms with Crippen molar-refractivity contribution in [1.82, 2.24) is 0 Å². The highest BCUT2D eigenvalue weighted by Gasteiger charge is 2.54. The number of fused-ring (bicyclic) bond motifs is 2. The zero-order valence-corrected chi connectivity index (χ0v) is 21.8. The molecule has 0 amide bonds. The predicted molar refractivity (Wildman–Crippen MR) is 130 cm³/mol. The quantitative estimate of drug-likeness (QED) is 0.346. The molecule has 4 aliphatic carbocycles. The summed E-state index contributed by atoms with van der Waals surface area (Å²) in [5, 5.41) is 0. The van der Waals surface area contributed by atoms with E-state index in [1.54, 1.807) is 0 Å². The molecule has 0 aromatic rings. The number of carbonyl (C=O) groups is 2. The third-order valence-electron chi connectivity index (χ3n) is 9.37. The molecule has 0 spiro atoms. The first kappa shape index (κ1) is 24.8. The van der Waals surface area contributed by atoms with Crippen LogP contribution in [-0.4, -0.2) is 24.1 Å². The molecule has 0 aromatic heterocycles. The SMILES string of the molecule is CC(C)(C)C1CCC(OC(=O)C2C3C=CC(C3)C2C(=O)OC2CCC(C(C)(C)C)CC2)CC1. The maximum absolute atomic E-state index is 13.3. The van der Waals surface area contributed by atoms with Crippen LogP contribution in [0.15, 0.2) is 12.2 Å². The van der Waals surface area contributed by atoms with Gasteiger partial charge in [0.2, 0.25) is 0 Å². The zero-order valence-electron chi connectivity index (χ0n) is 21.8. The summed E-state index contributed by atoms with van der Waals surface area (Å²) in [6.45, 7) is 13.8. The minimum Gasteiger partial charge on any atom is -0.462 e. The van der Waals surface area contributed by atoms with Crippen molar-refractivity contribution < 1.29 is 19.1 Å². The van der Waals surface area contributed by atoms with Crippen molar-refractivity contribution in [2.24, 2.45) is 46.3 Å². The van der Waals surface area contributed by atoms with Crippen LogP contribution in [0.3, 0.4) is 0 Å². The van der Waals surface area contributed by atoms with E-state index in [4.69, 9.17) is 9.47 Å². The molecule has 4 nitrogen and oxygen atoms in total. The van der Waals surface area contributed by atoms with Crippen LogP contribution in [0, 0.1) is 46.3 Å². The van der Waals surface area contributed by atoms with Crippen LogP contribution in [0.2, 0.25) is 0 Å². The van der Waals surface area contributed by atoms with Gasteiger partial charge in [0.15, 0.2) is 0 Å². The second-order valence-corrected chi connectivity index (χ2v) is 13.6. The molecule has 2 bridgehead atoms. The minimum absolute atomic E-state index is 0.00329. The number of hydrogen-bond acceptors (Lipinski definition) is 4. The Hall–Kier alpha value is -1.32. The first-order valence-corrected chi connectivity index (χ1v) is 13.5. The van der Waals surface area contributed by atoms with Gasteiger partial charge in [-0.2, -0.15) is 0 Å². The molecule has 0 N–H and O–H groups in total. The fourth-order valence-electron chi connectivity index (χ4n) is 7.04. The van der Waals surface area contributed by atoms with Gasteiger partial charge in [-0.3, -0.25) is 9.59 Å². The van der Waals surface area contributed by atoms with Crippen molar-refractivity contribution >= 4 is 11.9 Å². The fraction of sp³-hybridized carbons (Fsp3) is 0.862. The van der Waals surface area contributed by atoms with Crippen LogP contribution in [0.25, 0.3) is 0 Å². The molecule has 3 saturated carbocycles. The number of ether oxygens (including phenoxy) is 2. The minimum atomic E-state index is -0.362. The van der Waals surface area contributed by atoms with Gasteiger partial charge in [0.25, 0.3) is 0 Å². The molecule has 4 unspecified atom stereocenters. The van der Waals surface area contributed by atoms with Gasteiger partial charge in [-0.1, -0.05) is 53.7 Å². The lowest BCUT2D eigenvalue weighted by Gasteiger charge is -2.38. The van der Waals surface area contributed by atoms with E-state index in [1.165, 1.54) is 0 Å². The highest BCUT2D eigenvalue weighted by molar-refractivity contribution is 5.84. The van der Waals surface area contributed by atoms with Crippen molar-refractivity contribution in [3.8, 4) is 0 Å². The number of carbonyl (C=O) groups excluding carboxylic acids is 2. The Morgan fingerprint density at radius 1 is 0.606 bits per heavy atom. The Kier molecular flexibility index (Phi) is 7.05. The van der Waals surface area contributed by atoms with Crippen LogP contribution in [-0.2, 0) is 19.1 Å². The summed E-state index contributed by atoms with van der Waals surface area (Å²) < 4.78 is 12.1. The van der Waals surface area contributed by atoms with Crippen molar-refractivity contribution in [2.75, 3.05) is 0 Å². The maximum Gasteiger partial charge on any atom is 0.310 e. The molecule has 186 valence electrons. The monoisotopic (exact) mass is 458 g/mol. The summed E-state index contributed by atoms with van der Waals surface area (Å²) in [6, 6.07) is 0. The van der Waals surface area contributed by atoms with Gasteiger partial charge in [0.05, 0.1) is 11.8 Å². The summed E-state index contributed by atoms with van der Waals surface area (Å²) in [5.74, 6) is 0.583. The third-order valence-corrected chi connectivity index (χ3v) is 9.37. The summed E-state index contributed by atoms with van der Waals surface area (Å²) in [7, 11) is 0. The molecule has 3 fully saturated rings. The van der Waals surface area contributed by atoms with Gasteiger partial charge in [-0.25, -0.2) is 0 Å². The molecule has 0 radical (unpaired) electrons. The lowest BCUT2D eigenvalue weighted by molar-refractivity contribution is -0.169. The Labute approximate surface area is 201 Å². The van der Waals surface area contributed by atoms with Crippen molar-refractivity contribution in [3.63, 3.8) is 0 Å². The predicted octanol–water partition coefficient (Wildman–Crippen LogP) is 6.72. The van der Waals surface area contributed by atoms with E-state index < -0.39 is 0 Å². The fourth-order valence-corrected chi connectivity index (χ4v) is 7.04. The highest BCUT2D eigenvalue weighted by atomic mass is 16.6. The third kappa shape index (κ3) is 5.51. The normalized spacial score (nSPS) is 38.8. The standard InChI is InChI=1S/C29H46O4/c1-28(2,3)20-9-13-22(14-10-20)32-26(30)24-18-7-8-19(17-18)25(24)27(31)33-23-15-11-21(12-16-23)29(4,5)6/h7-8,18-25H,9-17H2,1-6H3. The lowest BCUT2D eigenvalue weighted by Crippen LogP contribution is -2.39. The van der Waals surface area contributed by atoms with E-state index in [0.717, 1.165) is 57.8 Å². The molecular formula is C29H46O4. The zero-order chi connectivity index (χ0) is 24.0. The molecule has 0 aliphatic heterocycles. The van der Waals surface area contributed by atoms with E-state index >= 15 is 0 Å². The number of esters is 2. The van der Waals surface area contributed by atoms with Gasteiger partial charge in [-0.05, 0) is 92.3 Å². The Morgan fingerprint density at radius 2 is 0.939 bits per heavy atom. The molecule has 0 aromatic carbocycles. The second kappa shape index (κ2) is 9.38. The summed E-state index contributed by atoms with van der Waals surface area (Å²) in [6.07, 6.45) is 13.4. The summed E-state index contributed by atoms with van der Waals surface area (Å²) >= 11 is 0. The van der Waals surface area contributed by atoms with Gasteiger partial charge in [0.1, 0.15) is 12.2 Å². The highest BCUT2D eigenvalue weighted by Crippen LogP contribution is 2.50. The van der Waals surface area contributed by atoms with Crippen molar-refractivity contribution in [3.05, 3.63) is 12.2 Å². The van der Waals surface area contributed by atoms with E-state index in [0.29, 0.717) is 22.7 Å². The maximum atomic E-state index is 13.3. The van der Waals surface area contributed by atoms with Crippen LogP contribution in [0.5, 0.6) is 0 Å². The molecule has 4 atom stereocenters. The molecule has 4 aliphatic rings. The molecule has 0 saturated heterocycles. The lowest BCUT2D eigenvalue weighted by atomic mass is 9.72. The largest absolute Gasteiger partial charge is 0.462 e. The van der Waals surface area contributed by atoms with Crippen LogP contribution in [0.4, 0.5) is 0 Å². The Balaban J connectivity index is 1.32. The van der Waals surface area contributed by atoms with E-state index in [1.807, 2.05) is 0 Å². The van der Waals surface area contributed by atoms with Gasteiger partial charge in [-0.15, -0.1) is 0 Å². The van der Waals surface area contributed by atoms with Gasteiger partial charge >= 0.3 is 11.9 Å². The molecule has 4 heteroatoms. The van der Waals surface area contributed by atoms with E-state index in [9.17, 15) is 9.59 Å². The summed E-state index contributed by atoms with van der Waals surface area (Å²) in [4.78, 5) is 26.6. The smallest absolute Gasteiger partial charge is 0.310 e. The first-order chi connectivity index (χ1) is 15.4. The Bertz CT molecular complexity index is 677. The van der Waals surface area contributed by atoms with Crippen LogP contribution in [0.1, 0.15) is 99.3 Å². The average Bonchev–Trinajstić information content (AvgIpc) is 3.35. The van der Waals surface area contributed by atoms with Crippen molar-refractivity contribution in [2.45, 2.75) is 112 Å².